The van der Waals surface area contributed by atoms with Gasteiger partial charge in [-0.05, 0) is 25.5 Å². The van der Waals surface area contributed by atoms with Crippen LogP contribution in [0.15, 0.2) is 6.07 Å². The predicted molar refractivity (Wildman–Crippen MR) is 47.8 cm³/mol. The lowest BCUT2D eigenvalue weighted by atomic mass is 10.1. The zero-order valence-corrected chi connectivity index (χ0v) is 7.61. The van der Waals surface area contributed by atoms with Crippen molar-refractivity contribution in [2.75, 3.05) is 6.54 Å². The van der Waals surface area contributed by atoms with E-state index >= 15 is 0 Å². The summed E-state index contributed by atoms with van der Waals surface area (Å²) in [5.74, 6) is 0. The Hall–Kier alpha value is -0.380. The van der Waals surface area contributed by atoms with Gasteiger partial charge in [-0.2, -0.15) is 0 Å². The Bertz CT molecular complexity index is 244. The smallest absolute Gasteiger partial charge is 0.0922 e. The van der Waals surface area contributed by atoms with Gasteiger partial charge in [-0.25, -0.2) is 0 Å². The number of hydrogen-bond acceptors (Lipinski definition) is 3. The van der Waals surface area contributed by atoms with Crippen LogP contribution in [0.2, 0.25) is 0 Å². The number of rotatable bonds is 2. The molecule has 3 N–H and O–H groups in total. The predicted octanol–water partition coefficient (Wildman–Crippen LogP) is 1.36. The Balaban J connectivity index is 2.93. The largest absolute Gasteiger partial charge is 0.387 e. The molecule has 3 heteroatoms. The first kappa shape index (κ1) is 8.71. The number of aliphatic hydroxyl groups excluding tert-OH is 1. The second kappa shape index (κ2) is 3.34. The van der Waals surface area contributed by atoms with E-state index in [1.54, 1.807) is 11.3 Å². The minimum Gasteiger partial charge on any atom is -0.387 e. The van der Waals surface area contributed by atoms with E-state index in [1.807, 2.05) is 19.9 Å². The highest BCUT2D eigenvalue weighted by atomic mass is 32.1. The molecule has 1 aromatic heterocycles. The molecular weight excluding hydrogens is 158 g/mol. The van der Waals surface area contributed by atoms with Crippen LogP contribution in [0.1, 0.15) is 21.4 Å². The average Bonchev–Trinajstić information content (AvgIpc) is 2.28. The monoisotopic (exact) mass is 171 g/mol. The Morgan fingerprint density at radius 3 is 2.64 bits per heavy atom. The van der Waals surface area contributed by atoms with Gasteiger partial charge in [0.25, 0.3) is 0 Å². The third kappa shape index (κ3) is 1.80. The quantitative estimate of drug-likeness (QED) is 0.705. The van der Waals surface area contributed by atoms with Crippen LogP contribution in [0.4, 0.5) is 0 Å². The first-order chi connectivity index (χ1) is 5.15. The summed E-state index contributed by atoms with van der Waals surface area (Å²) < 4.78 is 0. The molecule has 0 radical (unpaired) electrons. The molecule has 1 heterocycles. The normalized spacial score (nSPS) is 13.5. The van der Waals surface area contributed by atoms with Crippen molar-refractivity contribution in [2.24, 2.45) is 5.73 Å². The SMILES string of the molecule is Cc1cc(C(O)CN)c(C)s1. The lowest BCUT2D eigenvalue weighted by Crippen LogP contribution is -2.11. The summed E-state index contributed by atoms with van der Waals surface area (Å²) in [6.07, 6.45) is -0.486. The molecular formula is C8H13NOS. The first-order valence-corrected chi connectivity index (χ1v) is 4.42. The van der Waals surface area contributed by atoms with Gasteiger partial charge in [0, 0.05) is 16.3 Å². The van der Waals surface area contributed by atoms with Crippen molar-refractivity contribution >= 4 is 11.3 Å². The molecule has 1 rings (SSSR count). The maximum absolute atomic E-state index is 9.41. The van der Waals surface area contributed by atoms with Gasteiger partial charge in [-0.1, -0.05) is 0 Å². The van der Waals surface area contributed by atoms with E-state index < -0.39 is 6.10 Å². The summed E-state index contributed by atoms with van der Waals surface area (Å²) in [6.45, 7) is 4.34. The molecule has 0 aliphatic carbocycles. The molecule has 0 fully saturated rings. The van der Waals surface area contributed by atoms with E-state index in [4.69, 9.17) is 5.73 Å². The van der Waals surface area contributed by atoms with E-state index in [0.29, 0.717) is 6.54 Å². The molecule has 0 spiro atoms. The number of hydrogen-bond donors (Lipinski definition) is 2. The second-order valence-electron chi connectivity index (χ2n) is 2.62. The van der Waals surface area contributed by atoms with E-state index in [1.165, 1.54) is 9.75 Å². The highest BCUT2D eigenvalue weighted by Crippen LogP contribution is 2.25. The lowest BCUT2D eigenvalue weighted by molar-refractivity contribution is 0.186. The van der Waals surface area contributed by atoms with Crippen molar-refractivity contribution in [2.45, 2.75) is 20.0 Å². The topological polar surface area (TPSA) is 46.2 Å². The number of aliphatic hydroxyl groups is 1. The number of nitrogens with two attached hydrogens (primary N) is 1. The second-order valence-corrected chi connectivity index (χ2v) is 4.08. The van der Waals surface area contributed by atoms with E-state index in [9.17, 15) is 5.11 Å². The lowest BCUT2D eigenvalue weighted by Gasteiger charge is -2.05. The molecule has 62 valence electrons. The molecule has 0 saturated heterocycles. The Labute approximate surface area is 70.7 Å². The van der Waals surface area contributed by atoms with Crippen molar-refractivity contribution in [3.8, 4) is 0 Å². The van der Waals surface area contributed by atoms with Crippen molar-refractivity contribution in [3.63, 3.8) is 0 Å². The summed E-state index contributed by atoms with van der Waals surface area (Å²) in [5.41, 5.74) is 6.32. The molecule has 0 amide bonds. The molecule has 2 nitrogen and oxygen atoms in total. The van der Waals surface area contributed by atoms with E-state index in [0.717, 1.165) is 5.56 Å². The van der Waals surface area contributed by atoms with Gasteiger partial charge in [-0.15, -0.1) is 11.3 Å². The van der Waals surface area contributed by atoms with Crippen LogP contribution in [0.3, 0.4) is 0 Å². The summed E-state index contributed by atoms with van der Waals surface area (Å²) in [5, 5.41) is 9.41. The molecule has 11 heavy (non-hydrogen) atoms. The highest BCUT2D eigenvalue weighted by molar-refractivity contribution is 7.12. The van der Waals surface area contributed by atoms with Gasteiger partial charge in [0.2, 0.25) is 0 Å². The highest BCUT2D eigenvalue weighted by Gasteiger charge is 2.10. The van der Waals surface area contributed by atoms with Crippen molar-refractivity contribution in [3.05, 3.63) is 21.4 Å². The van der Waals surface area contributed by atoms with Crippen LogP contribution in [0, 0.1) is 13.8 Å². The minimum atomic E-state index is -0.486. The fourth-order valence-corrected chi connectivity index (χ4v) is 2.09. The van der Waals surface area contributed by atoms with Crippen molar-refractivity contribution < 1.29 is 5.11 Å². The van der Waals surface area contributed by atoms with Crippen LogP contribution in [0.5, 0.6) is 0 Å². The number of thiophene rings is 1. The van der Waals surface area contributed by atoms with E-state index in [-0.39, 0.29) is 0 Å². The summed E-state index contributed by atoms with van der Waals surface area (Å²) >= 11 is 1.70. The van der Waals surface area contributed by atoms with Crippen LogP contribution in [-0.2, 0) is 0 Å². The van der Waals surface area contributed by atoms with Gasteiger partial charge in [0.1, 0.15) is 0 Å². The van der Waals surface area contributed by atoms with Crippen LogP contribution < -0.4 is 5.73 Å². The molecule has 1 atom stereocenters. The van der Waals surface area contributed by atoms with Crippen molar-refractivity contribution in [1.29, 1.82) is 0 Å². The average molecular weight is 171 g/mol. The van der Waals surface area contributed by atoms with Crippen LogP contribution >= 0.6 is 11.3 Å². The van der Waals surface area contributed by atoms with Gasteiger partial charge < -0.3 is 10.8 Å². The van der Waals surface area contributed by atoms with Crippen LogP contribution in [0.25, 0.3) is 0 Å². The summed E-state index contributed by atoms with van der Waals surface area (Å²) in [4.78, 5) is 2.39. The first-order valence-electron chi connectivity index (χ1n) is 3.60. The molecule has 0 bridgehead atoms. The van der Waals surface area contributed by atoms with Crippen LogP contribution in [-0.4, -0.2) is 11.7 Å². The summed E-state index contributed by atoms with van der Waals surface area (Å²) in [7, 11) is 0. The molecule has 0 aliphatic heterocycles. The molecule has 1 unspecified atom stereocenters. The fourth-order valence-electron chi connectivity index (χ4n) is 1.11. The third-order valence-corrected chi connectivity index (χ3v) is 2.64. The Kier molecular flexibility index (Phi) is 2.65. The zero-order chi connectivity index (χ0) is 8.43. The van der Waals surface area contributed by atoms with Gasteiger partial charge in [0.05, 0.1) is 6.10 Å². The standard InChI is InChI=1S/C8H13NOS/c1-5-3-7(6(2)11-5)8(10)4-9/h3,8,10H,4,9H2,1-2H3. The van der Waals surface area contributed by atoms with Crippen molar-refractivity contribution in [1.82, 2.24) is 0 Å². The maximum Gasteiger partial charge on any atom is 0.0922 e. The minimum absolute atomic E-state index is 0.303. The Morgan fingerprint density at radius 2 is 2.27 bits per heavy atom. The van der Waals surface area contributed by atoms with Gasteiger partial charge in [-0.3, -0.25) is 0 Å². The fraction of sp³-hybridized carbons (Fsp3) is 0.500. The molecule has 1 aromatic rings. The molecule has 0 saturated carbocycles. The number of aryl methyl sites for hydroxylation is 2. The molecule has 0 aliphatic rings. The van der Waals surface area contributed by atoms with Gasteiger partial charge >= 0.3 is 0 Å². The Morgan fingerprint density at radius 1 is 1.64 bits per heavy atom. The van der Waals surface area contributed by atoms with E-state index in [2.05, 4.69) is 0 Å². The van der Waals surface area contributed by atoms with Gasteiger partial charge in [0.15, 0.2) is 0 Å². The molecule has 0 aromatic carbocycles. The third-order valence-electron chi connectivity index (χ3n) is 1.66. The zero-order valence-electron chi connectivity index (χ0n) is 6.79. The maximum atomic E-state index is 9.41. The summed E-state index contributed by atoms with van der Waals surface area (Å²) in [6, 6.07) is 2.00.